The van der Waals surface area contributed by atoms with Crippen LogP contribution in [0.1, 0.15) is 95.6 Å². The van der Waals surface area contributed by atoms with E-state index in [4.69, 9.17) is 0 Å². The van der Waals surface area contributed by atoms with E-state index in [-0.39, 0.29) is 5.82 Å². The first-order valence-corrected chi connectivity index (χ1v) is 11.5. The second-order valence-electron chi connectivity index (χ2n) is 8.98. The number of unbranched alkanes of at least 4 members (excludes halogenated alkanes) is 1. The lowest BCUT2D eigenvalue weighted by molar-refractivity contribution is 0.156. The lowest BCUT2D eigenvalue weighted by Crippen LogP contribution is -2.25. The van der Waals surface area contributed by atoms with Crippen LogP contribution >= 0.6 is 0 Å². The molecule has 0 unspecified atom stereocenters. The summed E-state index contributed by atoms with van der Waals surface area (Å²) in [4.78, 5) is 0. The summed E-state index contributed by atoms with van der Waals surface area (Å²) >= 11 is 0. The van der Waals surface area contributed by atoms with Crippen molar-refractivity contribution in [2.24, 2.45) is 23.7 Å². The van der Waals surface area contributed by atoms with Gasteiger partial charge in [0, 0.05) is 11.5 Å². The summed E-state index contributed by atoms with van der Waals surface area (Å²) in [5.74, 6) is 10.1. The fourth-order valence-corrected chi connectivity index (χ4v) is 5.18. The molecule has 0 spiro atoms. The van der Waals surface area contributed by atoms with E-state index in [2.05, 4.69) is 25.7 Å². The molecule has 0 aromatic heterocycles. The first-order valence-electron chi connectivity index (χ1n) is 11.5. The maximum atomic E-state index is 14.2. The molecule has 0 bridgehead atoms. The number of aryl methyl sites for hydroxylation is 1. The number of benzene rings is 1. The summed E-state index contributed by atoms with van der Waals surface area (Å²) in [5, 5.41) is 0. The highest BCUT2D eigenvalue weighted by atomic mass is 19.1. The molecule has 0 atom stereocenters. The van der Waals surface area contributed by atoms with Crippen LogP contribution in [0.2, 0.25) is 0 Å². The number of hydrogen-bond donors (Lipinski definition) is 0. The Bertz CT molecular complexity index is 634. The smallest absolute Gasteiger partial charge is 0.127 e. The van der Waals surface area contributed by atoms with Crippen molar-refractivity contribution in [1.82, 2.24) is 0 Å². The highest BCUT2D eigenvalue weighted by Crippen LogP contribution is 2.41. The number of rotatable bonds is 5. The third-order valence-electron chi connectivity index (χ3n) is 7.18. The largest absolute Gasteiger partial charge is 0.207 e. The predicted octanol–water partition coefficient (Wildman–Crippen LogP) is 7.54. The molecule has 3 rings (SSSR count). The minimum atomic E-state index is -0.0818. The fourth-order valence-electron chi connectivity index (χ4n) is 5.18. The molecule has 0 amide bonds. The average molecular weight is 369 g/mol. The summed E-state index contributed by atoms with van der Waals surface area (Å²) in [7, 11) is 0. The van der Waals surface area contributed by atoms with E-state index in [9.17, 15) is 4.39 Å². The van der Waals surface area contributed by atoms with Crippen molar-refractivity contribution in [3.63, 3.8) is 0 Å². The molecule has 0 nitrogen and oxygen atoms in total. The van der Waals surface area contributed by atoms with Crippen LogP contribution in [0, 0.1) is 41.3 Å². The minimum absolute atomic E-state index is 0.0818. The van der Waals surface area contributed by atoms with E-state index in [0.717, 1.165) is 48.1 Å². The molecule has 1 heteroatoms. The number of halogens is 1. The zero-order chi connectivity index (χ0) is 19.1. The minimum Gasteiger partial charge on any atom is -0.207 e. The van der Waals surface area contributed by atoms with Gasteiger partial charge in [0.15, 0.2) is 0 Å². The maximum Gasteiger partial charge on any atom is 0.127 e. The Labute approximate surface area is 166 Å². The molecular weight excluding hydrogens is 331 g/mol. The summed E-state index contributed by atoms with van der Waals surface area (Å²) in [5.41, 5.74) is 1.67. The Balaban J connectivity index is 1.48. The standard InChI is InChI=1S/C26H37F/c1-3-5-6-25-18-13-22(19-26(25)27)8-7-21-11-16-24(17-12-21)23-14-9-20(4-2)10-15-23/h13,18-21,23-24H,3-6,9-12,14-17H2,1-2H3/t20-,21?,23-,24?. The van der Waals surface area contributed by atoms with Gasteiger partial charge >= 0.3 is 0 Å². The van der Waals surface area contributed by atoms with Gasteiger partial charge in [-0.3, -0.25) is 0 Å². The summed E-state index contributed by atoms with van der Waals surface area (Å²) in [6, 6.07) is 5.56. The molecule has 148 valence electrons. The van der Waals surface area contributed by atoms with Gasteiger partial charge in [-0.25, -0.2) is 4.39 Å². The van der Waals surface area contributed by atoms with E-state index in [1.54, 1.807) is 6.07 Å². The van der Waals surface area contributed by atoms with Crippen molar-refractivity contribution in [2.45, 2.75) is 90.9 Å². The molecule has 2 fully saturated rings. The lowest BCUT2D eigenvalue weighted by atomic mass is 9.69. The molecule has 0 heterocycles. The molecule has 1 aromatic carbocycles. The van der Waals surface area contributed by atoms with Crippen LogP contribution in [0.4, 0.5) is 4.39 Å². The molecule has 0 radical (unpaired) electrons. The maximum absolute atomic E-state index is 14.2. The van der Waals surface area contributed by atoms with Crippen LogP contribution in [0.3, 0.4) is 0 Å². The van der Waals surface area contributed by atoms with Gasteiger partial charge in [-0.05, 0) is 86.8 Å². The van der Waals surface area contributed by atoms with Gasteiger partial charge in [-0.1, -0.05) is 57.4 Å². The SMILES string of the molecule is CCCCc1ccc(C#CC2CCC([C@H]3CC[C@H](CC)CC3)CC2)cc1F. The molecule has 2 aliphatic carbocycles. The van der Waals surface area contributed by atoms with Gasteiger partial charge < -0.3 is 0 Å². The predicted molar refractivity (Wildman–Crippen MR) is 113 cm³/mol. The summed E-state index contributed by atoms with van der Waals surface area (Å²) in [6.45, 7) is 4.49. The van der Waals surface area contributed by atoms with E-state index < -0.39 is 0 Å². The Morgan fingerprint density at radius 3 is 2.19 bits per heavy atom. The van der Waals surface area contributed by atoms with E-state index in [1.165, 1.54) is 57.8 Å². The van der Waals surface area contributed by atoms with Gasteiger partial charge in [-0.2, -0.15) is 0 Å². The van der Waals surface area contributed by atoms with Crippen LogP contribution in [-0.4, -0.2) is 0 Å². The Kier molecular flexibility index (Phi) is 7.81. The third kappa shape index (κ3) is 5.84. The van der Waals surface area contributed by atoms with Crippen LogP contribution in [0.25, 0.3) is 0 Å². The molecule has 2 saturated carbocycles. The first kappa shape index (κ1) is 20.4. The normalized spacial score (nSPS) is 28.4. The Morgan fingerprint density at radius 2 is 1.59 bits per heavy atom. The molecule has 0 aliphatic heterocycles. The Hall–Kier alpha value is -1.29. The van der Waals surface area contributed by atoms with Gasteiger partial charge in [-0.15, -0.1) is 0 Å². The van der Waals surface area contributed by atoms with E-state index in [0.29, 0.717) is 5.92 Å². The molecule has 27 heavy (non-hydrogen) atoms. The average Bonchev–Trinajstić information content (AvgIpc) is 2.72. The van der Waals surface area contributed by atoms with Crippen LogP contribution in [-0.2, 0) is 6.42 Å². The molecular formula is C26H37F. The first-order chi connectivity index (χ1) is 13.2. The highest BCUT2D eigenvalue weighted by molar-refractivity contribution is 5.37. The van der Waals surface area contributed by atoms with E-state index in [1.807, 2.05) is 12.1 Å². The van der Waals surface area contributed by atoms with Gasteiger partial charge in [0.25, 0.3) is 0 Å². The topological polar surface area (TPSA) is 0 Å². The molecule has 2 aliphatic rings. The van der Waals surface area contributed by atoms with Crippen molar-refractivity contribution < 1.29 is 4.39 Å². The summed E-state index contributed by atoms with van der Waals surface area (Å²) in [6.07, 6.45) is 15.4. The lowest BCUT2D eigenvalue weighted by Gasteiger charge is -2.36. The zero-order valence-electron chi connectivity index (χ0n) is 17.4. The van der Waals surface area contributed by atoms with Gasteiger partial charge in [0.1, 0.15) is 5.82 Å². The highest BCUT2D eigenvalue weighted by Gasteiger charge is 2.29. The molecule has 0 N–H and O–H groups in total. The van der Waals surface area contributed by atoms with Gasteiger partial charge in [0.05, 0.1) is 0 Å². The fraction of sp³-hybridized carbons (Fsp3) is 0.692. The van der Waals surface area contributed by atoms with Crippen molar-refractivity contribution in [1.29, 1.82) is 0 Å². The van der Waals surface area contributed by atoms with Crippen molar-refractivity contribution >= 4 is 0 Å². The van der Waals surface area contributed by atoms with Crippen molar-refractivity contribution in [2.75, 3.05) is 0 Å². The second-order valence-corrected chi connectivity index (χ2v) is 8.98. The molecule has 0 saturated heterocycles. The zero-order valence-corrected chi connectivity index (χ0v) is 17.4. The quantitative estimate of drug-likeness (QED) is 0.471. The Morgan fingerprint density at radius 1 is 0.926 bits per heavy atom. The van der Waals surface area contributed by atoms with E-state index >= 15 is 0 Å². The molecule has 1 aromatic rings. The summed E-state index contributed by atoms with van der Waals surface area (Å²) < 4.78 is 14.2. The van der Waals surface area contributed by atoms with Crippen molar-refractivity contribution in [3.8, 4) is 11.8 Å². The van der Waals surface area contributed by atoms with Crippen LogP contribution in [0.15, 0.2) is 18.2 Å². The van der Waals surface area contributed by atoms with Crippen LogP contribution in [0.5, 0.6) is 0 Å². The second kappa shape index (κ2) is 10.3. The monoisotopic (exact) mass is 368 g/mol. The third-order valence-corrected chi connectivity index (χ3v) is 7.18. The van der Waals surface area contributed by atoms with Crippen molar-refractivity contribution in [3.05, 3.63) is 35.1 Å². The van der Waals surface area contributed by atoms with Crippen LogP contribution < -0.4 is 0 Å². The number of hydrogen-bond acceptors (Lipinski definition) is 0. The van der Waals surface area contributed by atoms with Gasteiger partial charge in [0.2, 0.25) is 0 Å².